The molecule has 1 saturated carbocycles. The van der Waals surface area contributed by atoms with Gasteiger partial charge in [0.05, 0.1) is 18.9 Å². The largest absolute Gasteiger partial charge is 0.451 e. The van der Waals surface area contributed by atoms with Gasteiger partial charge >= 0.3 is 12.2 Å². The molecule has 0 radical (unpaired) electrons. The number of amides is 2. The molecule has 0 bridgehead atoms. The van der Waals surface area contributed by atoms with E-state index in [4.69, 9.17) is 4.98 Å². The van der Waals surface area contributed by atoms with E-state index in [2.05, 4.69) is 42.0 Å². The Bertz CT molecular complexity index is 2030. The Morgan fingerprint density at radius 3 is 2.49 bits per heavy atom. The number of aryl methyl sites for hydroxylation is 1. The highest BCUT2D eigenvalue weighted by atomic mass is 19.4. The second-order valence-electron chi connectivity index (χ2n) is 12.5. The molecule has 4 aromatic heterocycles. The third-order valence-corrected chi connectivity index (χ3v) is 9.13. The molecule has 2 amide bonds. The van der Waals surface area contributed by atoms with E-state index in [1.54, 1.807) is 26.9 Å². The van der Waals surface area contributed by atoms with Crippen LogP contribution in [0.25, 0.3) is 11.1 Å². The van der Waals surface area contributed by atoms with E-state index >= 15 is 0 Å². The fraction of sp³-hybridized carbons (Fsp3) is 0.353. The Balaban J connectivity index is 1.04. The van der Waals surface area contributed by atoms with Crippen LogP contribution in [0.3, 0.4) is 0 Å². The number of hydrogen-bond acceptors (Lipinski definition) is 10. The minimum Gasteiger partial charge on any atom is -0.351 e. The minimum absolute atomic E-state index is 0.00467. The van der Waals surface area contributed by atoms with Crippen molar-refractivity contribution < 1.29 is 18.0 Å². The van der Waals surface area contributed by atoms with Crippen LogP contribution in [0.5, 0.6) is 0 Å². The lowest BCUT2D eigenvalue weighted by Crippen LogP contribution is -2.49. The smallest absolute Gasteiger partial charge is 0.351 e. The van der Waals surface area contributed by atoms with Gasteiger partial charge in [0, 0.05) is 62.3 Å². The van der Waals surface area contributed by atoms with E-state index in [1.165, 1.54) is 6.20 Å². The molecule has 0 spiro atoms. The molecule has 1 aliphatic heterocycles. The van der Waals surface area contributed by atoms with E-state index in [-0.39, 0.29) is 49.1 Å². The molecular formula is C34H34F3N13O. The number of pyridine rings is 1. The highest BCUT2D eigenvalue weighted by Gasteiger charge is 2.40. The van der Waals surface area contributed by atoms with Gasteiger partial charge in [0.2, 0.25) is 11.8 Å². The van der Waals surface area contributed by atoms with Crippen LogP contribution in [-0.2, 0) is 32.9 Å². The van der Waals surface area contributed by atoms with Crippen molar-refractivity contribution in [3.63, 3.8) is 0 Å². The lowest BCUT2D eigenvalue weighted by atomic mass is 9.90. The third-order valence-electron chi connectivity index (χ3n) is 9.13. The highest BCUT2D eigenvalue weighted by molar-refractivity contribution is 5.91. The molecule has 1 fully saturated rings. The van der Waals surface area contributed by atoms with Crippen molar-refractivity contribution in [3.8, 4) is 17.2 Å². The lowest BCUT2D eigenvalue weighted by Gasteiger charge is -2.36. The quantitative estimate of drug-likeness (QED) is 0.228. The fourth-order valence-corrected chi connectivity index (χ4v) is 6.56. The first-order chi connectivity index (χ1) is 24.7. The molecule has 1 aliphatic carbocycles. The van der Waals surface area contributed by atoms with Crippen LogP contribution < -0.4 is 20.4 Å². The number of carbonyl (C=O) groups is 1. The number of nitriles is 1. The van der Waals surface area contributed by atoms with E-state index in [1.807, 2.05) is 55.7 Å². The number of nitrogens with one attached hydrogen (secondary N) is 2. The van der Waals surface area contributed by atoms with E-state index in [9.17, 15) is 23.2 Å². The Labute approximate surface area is 291 Å². The van der Waals surface area contributed by atoms with Gasteiger partial charge < -0.3 is 20.1 Å². The van der Waals surface area contributed by atoms with Crippen molar-refractivity contribution in [1.82, 2.24) is 44.8 Å². The monoisotopic (exact) mass is 697 g/mol. The van der Waals surface area contributed by atoms with Crippen LogP contribution in [0.4, 0.5) is 35.5 Å². The molecule has 1 aromatic carbocycles. The molecule has 17 heteroatoms. The van der Waals surface area contributed by atoms with Crippen LogP contribution in [0.1, 0.15) is 48.5 Å². The molecular weight excluding hydrogens is 663 g/mol. The van der Waals surface area contributed by atoms with Crippen LogP contribution in [0.15, 0.2) is 67.3 Å². The Morgan fingerprint density at radius 2 is 1.80 bits per heavy atom. The molecule has 5 heterocycles. The number of benzene rings is 1. The molecule has 0 saturated heterocycles. The van der Waals surface area contributed by atoms with Gasteiger partial charge in [0.25, 0.3) is 0 Å². The van der Waals surface area contributed by atoms with Crippen molar-refractivity contribution >= 4 is 23.6 Å². The maximum Gasteiger partial charge on any atom is 0.451 e. The number of nitrogens with zero attached hydrogens (tertiary/aromatic N) is 11. The summed E-state index contributed by atoms with van der Waals surface area (Å²) in [5.74, 6) is 0.268. The molecule has 0 unspecified atom stereocenters. The van der Waals surface area contributed by atoms with Crippen molar-refractivity contribution in [2.75, 3.05) is 21.7 Å². The summed E-state index contributed by atoms with van der Waals surface area (Å²) in [6.45, 7) is 0.565. The molecule has 262 valence electrons. The molecule has 7 rings (SSSR count). The molecule has 0 atom stereocenters. The second kappa shape index (κ2) is 14.1. The Hall–Kier alpha value is -6.05. The van der Waals surface area contributed by atoms with Gasteiger partial charge in [0.15, 0.2) is 11.6 Å². The van der Waals surface area contributed by atoms with Crippen LogP contribution in [-0.4, -0.2) is 64.2 Å². The van der Waals surface area contributed by atoms with Crippen molar-refractivity contribution in [3.05, 3.63) is 90.0 Å². The third kappa shape index (κ3) is 7.30. The van der Waals surface area contributed by atoms with Crippen molar-refractivity contribution in [1.29, 1.82) is 5.26 Å². The Morgan fingerprint density at radius 1 is 1.00 bits per heavy atom. The normalized spacial score (nSPS) is 17.4. The van der Waals surface area contributed by atoms with Crippen LogP contribution in [0, 0.1) is 11.3 Å². The molecule has 2 aliphatic rings. The van der Waals surface area contributed by atoms with E-state index < -0.39 is 12.0 Å². The molecule has 51 heavy (non-hydrogen) atoms. The number of fused-ring (bicyclic) bond motifs is 1. The van der Waals surface area contributed by atoms with E-state index in [0.717, 1.165) is 21.3 Å². The predicted octanol–water partition coefficient (Wildman–Crippen LogP) is 4.91. The zero-order valence-corrected chi connectivity index (χ0v) is 27.6. The first kappa shape index (κ1) is 33.4. The number of anilines is 3. The van der Waals surface area contributed by atoms with Crippen LogP contribution in [0.2, 0.25) is 0 Å². The van der Waals surface area contributed by atoms with Gasteiger partial charge in [-0.15, -0.1) is 10.2 Å². The average Bonchev–Trinajstić information content (AvgIpc) is 3.78. The summed E-state index contributed by atoms with van der Waals surface area (Å²) < 4.78 is 42.8. The number of alkyl halides is 3. The predicted molar refractivity (Wildman–Crippen MR) is 180 cm³/mol. The second-order valence-corrected chi connectivity index (χ2v) is 12.5. The molecule has 14 nitrogen and oxygen atoms in total. The number of aromatic nitrogens is 8. The summed E-state index contributed by atoms with van der Waals surface area (Å²) >= 11 is 0. The van der Waals surface area contributed by atoms with Gasteiger partial charge in [-0.05, 0) is 43.4 Å². The summed E-state index contributed by atoms with van der Waals surface area (Å²) in [5, 5.41) is 27.5. The SMILES string of the molecule is Cn1cc(-c2ccc(N(C(=O)NCc3ccccc3)C3CCC(Nc4ncc(C#N)c(N5CCn6c(nnc6C(F)(F)F)C5)n4)CC3)nc2)cn1. The summed E-state index contributed by atoms with van der Waals surface area (Å²) in [5.41, 5.74) is 3.00. The van der Waals surface area contributed by atoms with Crippen molar-refractivity contribution in [2.24, 2.45) is 7.05 Å². The Kier molecular flexibility index (Phi) is 9.22. The summed E-state index contributed by atoms with van der Waals surface area (Å²) in [7, 11) is 1.85. The lowest BCUT2D eigenvalue weighted by molar-refractivity contribution is -0.147. The number of urea groups is 1. The average molecular weight is 698 g/mol. The topological polar surface area (TPSA) is 159 Å². The zero-order valence-electron chi connectivity index (χ0n) is 27.6. The first-order valence-electron chi connectivity index (χ1n) is 16.5. The fourth-order valence-electron chi connectivity index (χ4n) is 6.56. The van der Waals surface area contributed by atoms with Gasteiger partial charge in [0.1, 0.15) is 17.5 Å². The summed E-state index contributed by atoms with van der Waals surface area (Å²) in [4.78, 5) is 30.9. The number of rotatable bonds is 8. The molecule has 5 aromatic rings. The number of carbonyl (C=O) groups excluding carboxylic acids is 1. The minimum atomic E-state index is -4.61. The highest BCUT2D eigenvalue weighted by Crippen LogP contribution is 2.32. The zero-order chi connectivity index (χ0) is 35.5. The molecule has 2 N–H and O–H groups in total. The number of hydrogen-bond donors (Lipinski definition) is 2. The summed E-state index contributed by atoms with van der Waals surface area (Å²) in [6.07, 6.45) is 4.98. The van der Waals surface area contributed by atoms with E-state index in [0.29, 0.717) is 49.8 Å². The maximum absolute atomic E-state index is 13.8. The van der Waals surface area contributed by atoms with Crippen LogP contribution >= 0.6 is 0 Å². The van der Waals surface area contributed by atoms with Gasteiger partial charge in [-0.2, -0.15) is 28.5 Å². The standard InChI is InChI=1S/C34H34F3N13O/c1-47-20-25(19-42-47)23-7-12-28(39-17-23)50(33(51)41-16-22-5-3-2-4-6-22)27-10-8-26(9-11-27)43-32-40-18-24(15-38)30(44-32)48-13-14-49-29(21-48)45-46-31(49)34(35,36)37/h2-7,12,17-20,26-27H,8-11,13-14,16,21H2,1H3,(H,41,51)(H,40,43,44). The van der Waals surface area contributed by atoms with Crippen molar-refractivity contribution in [2.45, 2.75) is 63.6 Å². The van der Waals surface area contributed by atoms with Gasteiger partial charge in [-0.1, -0.05) is 30.3 Å². The summed E-state index contributed by atoms with van der Waals surface area (Å²) in [6, 6.07) is 15.2. The van der Waals surface area contributed by atoms with Gasteiger partial charge in [-0.25, -0.2) is 14.8 Å². The van der Waals surface area contributed by atoms with Gasteiger partial charge in [-0.3, -0.25) is 9.58 Å². The first-order valence-corrected chi connectivity index (χ1v) is 16.5. The maximum atomic E-state index is 13.8. The number of halogens is 3.